The van der Waals surface area contributed by atoms with Crippen LogP contribution in [0.25, 0.3) is 0 Å². The van der Waals surface area contributed by atoms with E-state index in [0.717, 1.165) is 17.7 Å². The van der Waals surface area contributed by atoms with Gasteiger partial charge in [-0.2, -0.15) is 12.6 Å². The van der Waals surface area contributed by atoms with Gasteiger partial charge in [0.2, 0.25) is 0 Å². The molecule has 2 N–H and O–H groups in total. The highest BCUT2D eigenvalue weighted by Gasteiger charge is 1.90. The van der Waals surface area contributed by atoms with Crippen LogP contribution < -0.4 is 5.73 Å². The van der Waals surface area contributed by atoms with Crippen LogP contribution in [0, 0.1) is 11.8 Å². The molecule has 2 nitrogen and oxygen atoms in total. The van der Waals surface area contributed by atoms with E-state index in [4.69, 9.17) is 5.73 Å². The van der Waals surface area contributed by atoms with Crippen LogP contribution in [0.2, 0.25) is 0 Å². The number of nitrogen functional groups attached to an aromatic ring is 1. The van der Waals surface area contributed by atoms with E-state index in [1.165, 1.54) is 0 Å². The number of thiol groups is 1. The lowest BCUT2D eigenvalue weighted by molar-refractivity contribution is 1.30. The molecule has 0 saturated carbocycles. The fraction of sp³-hybridized carbons (Fsp3) is 0.222. The lowest BCUT2D eigenvalue weighted by Crippen LogP contribution is -1.90. The number of nitrogens with zero attached hydrogens (tertiary/aromatic N) is 1. The molecule has 0 amide bonds. The lowest BCUT2D eigenvalue weighted by Gasteiger charge is -1.93. The minimum atomic E-state index is 0.677. The highest BCUT2D eigenvalue weighted by molar-refractivity contribution is 7.80. The number of aromatic nitrogens is 1. The molecule has 1 aromatic heterocycles. The SMILES string of the molecule is Nc1ccncc1C#CCCS. The molecule has 0 unspecified atom stereocenters. The minimum absolute atomic E-state index is 0.677. The predicted octanol–water partition coefficient (Wildman–Crippen LogP) is 1.34. The second kappa shape index (κ2) is 4.68. The molecule has 0 bridgehead atoms. The van der Waals surface area contributed by atoms with E-state index in [-0.39, 0.29) is 0 Å². The van der Waals surface area contributed by atoms with Gasteiger partial charge in [0.05, 0.1) is 11.3 Å². The molecular formula is C9H10N2S. The highest BCUT2D eigenvalue weighted by Crippen LogP contribution is 2.05. The van der Waals surface area contributed by atoms with Crippen molar-refractivity contribution in [3.05, 3.63) is 24.0 Å². The predicted molar refractivity (Wildman–Crippen MR) is 54.0 cm³/mol. The van der Waals surface area contributed by atoms with Crippen LogP contribution in [0.3, 0.4) is 0 Å². The number of nitrogens with two attached hydrogens (primary N) is 1. The average Bonchev–Trinajstić information content (AvgIpc) is 2.09. The molecule has 0 aliphatic carbocycles. The number of anilines is 1. The molecule has 3 heteroatoms. The summed E-state index contributed by atoms with van der Waals surface area (Å²) in [6, 6.07) is 1.74. The number of hydrogen-bond acceptors (Lipinski definition) is 3. The van der Waals surface area contributed by atoms with Crippen molar-refractivity contribution in [2.45, 2.75) is 6.42 Å². The summed E-state index contributed by atoms with van der Waals surface area (Å²) in [5, 5.41) is 0. The Morgan fingerprint density at radius 2 is 2.42 bits per heavy atom. The fourth-order valence-electron chi connectivity index (χ4n) is 0.723. The standard InChI is InChI=1S/C9H10N2S/c10-9-4-5-11-7-8(9)3-1-2-6-12/h4-5,7,12H,2,6H2,(H2,10,11). The van der Waals surface area contributed by atoms with Crippen molar-refractivity contribution in [3.8, 4) is 11.8 Å². The first-order chi connectivity index (χ1) is 5.84. The first kappa shape index (κ1) is 8.95. The summed E-state index contributed by atoms with van der Waals surface area (Å²) in [5.41, 5.74) is 7.11. The van der Waals surface area contributed by atoms with Gasteiger partial charge in [-0.3, -0.25) is 4.98 Å². The third-order valence-corrected chi connectivity index (χ3v) is 1.54. The van der Waals surface area contributed by atoms with Gasteiger partial charge in [-0.15, -0.1) is 0 Å². The number of pyridine rings is 1. The van der Waals surface area contributed by atoms with Crippen LogP contribution in [0.1, 0.15) is 12.0 Å². The Morgan fingerprint density at radius 3 is 3.08 bits per heavy atom. The molecule has 1 heterocycles. The van der Waals surface area contributed by atoms with Gasteiger partial charge in [0, 0.05) is 24.6 Å². The van der Waals surface area contributed by atoms with E-state index in [1.807, 2.05) is 0 Å². The molecule has 0 spiro atoms. The van der Waals surface area contributed by atoms with Crippen molar-refractivity contribution in [1.29, 1.82) is 0 Å². The van der Waals surface area contributed by atoms with Crippen LogP contribution in [-0.2, 0) is 0 Å². The molecular weight excluding hydrogens is 168 g/mol. The van der Waals surface area contributed by atoms with Gasteiger partial charge >= 0.3 is 0 Å². The zero-order valence-corrected chi connectivity index (χ0v) is 7.51. The van der Waals surface area contributed by atoms with Gasteiger partial charge in [0.15, 0.2) is 0 Å². The second-order valence-electron chi connectivity index (χ2n) is 2.24. The summed E-state index contributed by atoms with van der Waals surface area (Å²) in [7, 11) is 0. The van der Waals surface area contributed by atoms with Crippen LogP contribution in [-0.4, -0.2) is 10.7 Å². The number of rotatable bonds is 1. The molecule has 12 heavy (non-hydrogen) atoms. The van der Waals surface area contributed by atoms with E-state index < -0.39 is 0 Å². The van der Waals surface area contributed by atoms with E-state index in [0.29, 0.717) is 5.69 Å². The lowest BCUT2D eigenvalue weighted by atomic mass is 10.2. The topological polar surface area (TPSA) is 38.9 Å². The maximum Gasteiger partial charge on any atom is 0.0658 e. The maximum absolute atomic E-state index is 5.64. The second-order valence-corrected chi connectivity index (χ2v) is 2.69. The summed E-state index contributed by atoms with van der Waals surface area (Å²) in [6.45, 7) is 0. The largest absolute Gasteiger partial charge is 0.398 e. The summed E-state index contributed by atoms with van der Waals surface area (Å²) in [5.74, 6) is 6.64. The van der Waals surface area contributed by atoms with Crippen molar-refractivity contribution in [1.82, 2.24) is 4.98 Å². The van der Waals surface area contributed by atoms with Gasteiger partial charge < -0.3 is 5.73 Å². The van der Waals surface area contributed by atoms with E-state index in [2.05, 4.69) is 29.5 Å². The van der Waals surface area contributed by atoms with Crippen molar-refractivity contribution in [2.24, 2.45) is 0 Å². The van der Waals surface area contributed by atoms with Crippen molar-refractivity contribution in [3.63, 3.8) is 0 Å². The van der Waals surface area contributed by atoms with Crippen molar-refractivity contribution < 1.29 is 0 Å². The van der Waals surface area contributed by atoms with Gasteiger partial charge in [0.1, 0.15) is 0 Å². The zero-order chi connectivity index (χ0) is 8.81. The van der Waals surface area contributed by atoms with E-state index >= 15 is 0 Å². The summed E-state index contributed by atoms with van der Waals surface area (Å²) >= 11 is 4.04. The van der Waals surface area contributed by atoms with Crippen molar-refractivity contribution in [2.75, 3.05) is 11.5 Å². The summed E-state index contributed by atoms with van der Waals surface area (Å²) < 4.78 is 0. The number of hydrogen-bond donors (Lipinski definition) is 2. The quantitative estimate of drug-likeness (QED) is 0.503. The first-order valence-electron chi connectivity index (χ1n) is 3.64. The monoisotopic (exact) mass is 178 g/mol. The maximum atomic E-state index is 5.64. The first-order valence-corrected chi connectivity index (χ1v) is 4.27. The Bertz CT molecular complexity index is 312. The molecule has 1 aromatic rings. The molecule has 0 aromatic carbocycles. The third-order valence-electron chi connectivity index (χ3n) is 1.31. The molecule has 1 rings (SSSR count). The molecule has 0 saturated heterocycles. The Kier molecular flexibility index (Phi) is 3.49. The van der Waals surface area contributed by atoms with Crippen LogP contribution in [0.5, 0.6) is 0 Å². The minimum Gasteiger partial charge on any atom is -0.398 e. The average molecular weight is 178 g/mol. The van der Waals surface area contributed by atoms with Crippen LogP contribution >= 0.6 is 12.6 Å². The van der Waals surface area contributed by atoms with Crippen molar-refractivity contribution >= 4 is 18.3 Å². The fourth-order valence-corrected chi connectivity index (χ4v) is 0.835. The van der Waals surface area contributed by atoms with Crippen LogP contribution in [0.4, 0.5) is 5.69 Å². The normalized spacial score (nSPS) is 8.75. The van der Waals surface area contributed by atoms with E-state index in [1.54, 1.807) is 18.5 Å². The van der Waals surface area contributed by atoms with Gasteiger partial charge in [0.25, 0.3) is 0 Å². The Labute approximate surface area is 77.6 Å². The highest BCUT2D eigenvalue weighted by atomic mass is 32.1. The molecule has 0 fully saturated rings. The molecule has 0 radical (unpaired) electrons. The molecule has 0 atom stereocenters. The summed E-state index contributed by atoms with van der Waals surface area (Å²) in [4.78, 5) is 3.92. The Morgan fingerprint density at radius 1 is 1.58 bits per heavy atom. The van der Waals surface area contributed by atoms with Gasteiger partial charge in [-0.25, -0.2) is 0 Å². The smallest absolute Gasteiger partial charge is 0.0658 e. The van der Waals surface area contributed by atoms with Gasteiger partial charge in [-0.1, -0.05) is 11.8 Å². The Hall–Kier alpha value is -1.14. The summed E-state index contributed by atoms with van der Waals surface area (Å²) in [6.07, 6.45) is 4.09. The van der Waals surface area contributed by atoms with Crippen LogP contribution in [0.15, 0.2) is 18.5 Å². The third kappa shape index (κ3) is 2.48. The Balaban J connectivity index is 2.77. The molecule has 0 aliphatic rings. The van der Waals surface area contributed by atoms with E-state index in [9.17, 15) is 0 Å². The molecule has 0 aliphatic heterocycles. The molecule has 62 valence electrons. The van der Waals surface area contributed by atoms with Gasteiger partial charge in [-0.05, 0) is 6.07 Å². The zero-order valence-electron chi connectivity index (χ0n) is 6.62.